The minimum Gasteiger partial charge on any atom is -0.377 e. The maximum absolute atomic E-state index is 7.76. The lowest BCUT2D eigenvalue weighted by Gasteiger charge is -2.27. The largest absolute Gasteiger partial charge is 0.377 e. The van der Waals surface area contributed by atoms with E-state index in [1.807, 2.05) is 31.5 Å². The van der Waals surface area contributed by atoms with Crippen LogP contribution in [-0.2, 0) is 11.2 Å². The second-order valence-electron chi connectivity index (χ2n) is 6.44. The molecule has 2 aromatic rings. The van der Waals surface area contributed by atoms with Crippen molar-refractivity contribution >= 4 is 23.2 Å². The molecule has 0 amide bonds. The van der Waals surface area contributed by atoms with Gasteiger partial charge in [0.25, 0.3) is 0 Å². The Morgan fingerprint density at radius 1 is 1.31 bits per heavy atom. The number of nitrogens with one attached hydrogen (secondary N) is 3. The summed E-state index contributed by atoms with van der Waals surface area (Å²) in [5.74, 6) is 0. The van der Waals surface area contributed by atoms with Crippen LogP contribution < -0.4 is 10.6 Å². The molecule has 0 spiro atoms. The van der Waals surface area contributed by atoms with E-state index < -0.39 is 0 Å². The third-order valence-electron chi connectivity index (χ3n) is 4.23. The molecular formula is C20H25N5O. The van der Waals surface area contributed by atoms with E-state index in [2.05, 4.69) is 33.6 Å². The molecule has 0 saturated carbocycles. The number of anilines is 2. The summed E-state index contributed by atoms with van der Waals surface area (Å²) in [5, 5.41) is 14.4. The molecule has 26 heavy (non-hydrogen) atoms. The van der Waals surface area contributed by atoms with Crippen LogP contribution in [0.15, 0.2) is 36.8 Å². The smallest absolute Gasteiger partial charge is 0.0762 e. The van der Waals surface area contributed by atoms with Crippen LogP contribution in [0.5, 0.6) is 0 Å². The molecule has 0 radical (unpaired) electrons. The second-order valence-corrected chi connectivity index (χ2v) is 6.44. The van der Waals surface area contributed by atoms with E-state index in [0.717, 1.165) is 60.0 Å². The van der Waals surface area contributed by atoms with Gasteiger partial charge < -0.3 is 20.8 Å². The van der Waals surface area contributed by atoms with Crippen LogP contribution in [-0.4, -0.2) is 35.4 Å². The van der Waals surface area contributed by atoms with Crippen molar-refractivity contribution < 1.29 is 4.74 Å². The average molecular weight is 351 g/mol. The van der Waals surface area contributed by atoms with Gasteiger partial charge in [0, 0.05) is 35.6 Å². The van der Waals surface area contributed by atoms with Crippen molar-refractivity contribution in [1.82, 2.24) is 9.97 Å². The van der Waals surface area contributed by atoms with Crippen molar-refractivity contribution in [3.8, 4) is 0 Å². The number of rotatable bonds is 8. The molecule has 2 aromatic heterocycles. The highest BCUT2D eigenvalue weighted by molar-refractivity contribution is 6.08. The van der Waals surface area contributed by atoms with Crippen LogP contribution in [0.25, 0.3) is 5.57 Å². The minimum absolute atomic E-state index is 0.366. The number of nitrogens with zero attached hydrogens (tertiary/aromatic N) is 2. The van der Waals surface area contributed by atoms with Gasteiger partial charge >= 0.3 is 0 Å². The van der Waals surface area contributed by atoms with Crippen LogP contribution >= 0.6 is 0 Å². The Bertz CT molecular complexity index is 799. The summed E-state index contributed by atoms with van der Waals surface area (Å²) < 4.78 is 5.18. The minimum atomic E-state index is 0.366. The Hall–Kier alpha value is -2.73. The molecule has 0 atom stereocenters. The summed E-state index contributed by atoms with van der Waals surface area (Å²) in [6.45, 7) is 5.62. The summed E-state index contributed by atoms with van der Waals surface area (Å²) in [4.78, 5) is 8.90. The lowest BCUT2D eigenvalue weighted by Crippen LogP contribution is -2.40. The quantitative estimate of drug-likeness (QED) is 0.632. The molecule has 3 rings (SSSR count). The van der Waals surface area contributed by atoms with E-state index in [4.69, 9.17) is 10.1 Å². The Kier molecular flexibility index (Phi) is 5.96. The normalized spacial score (nSPS) is 14.6. The molecule has 1 aliphatic rings. The zero-order chi connectivity index (χ0) is 18.4. The first-order valence-electron chi connectivity index (χ1n) is 8.93. The third kappa shape index (κ3) is 4.46. The number of allylic oxidation sites excluding steroid dienone is 1. The average Bonchev–Trinajstić information content (AvgIpc) is 2.61. The molecular weight excluding hydrogens is 326 g/mol. The Morgan fingerprint density at radius 2 is 2.15 bits per heavy atom. The monoisotopic (exact) mass is 351 g/mol. The van der Waals surface area contributed by atoms with E-state index in [9.17, 15) is 0 Å². The second kappa shape index (κ2) is 8.58. The SMILES string of the molecule is CCCc1cc(N/C=C(\C=N)c2ncc(NC3COC3)cc2C)ccn1. The van der Waals surface area contributed by atoms with E-state index in [-0.39, 0.29) is 0 Å². The topological polar surface area (TPSA) is 82.9 Å². The number of ether oxygens (including phenoxy) is 1. The first kappa shape index (κ1) is 18.1. The van der Waals surface area contributed by atoms with Crippen LogP contribution in [0.2, 0.25) is 0 Å². The van der Waals surface area contributed by atoms with Gasteiger partial charge in [-0.3, -0.25) is 9.97 Å². The third-order valence-corrected chi connectivity index (χ3v) is 4.23. The Labute approximate surface area is 154 Å². The van der Waals surface area contributed by atoms with E-state index in [1.165, 1.54) is 6.21 Å². The number of aromatic nitrogens is 2. The summed E-state index contributed by atoms with van der Waals surface area (Å²) in [6.07, 6.45) is 8.78. The molecule has 0 aromatic carbocycles. The summed E-state index contributed by atoms with van der Waals surface area (Å²) in [6, 6.07) is 6.38. The number of aryl methyl sites for hydroxylation is 2. The highest BCUT2D eigenvalue weighted by Crippen LogP contribution is 2.20. The zero-order valence-corrected chi connectivity index (χ0v) is 15.2. The van der Waals surface area contributed by atoms with Gasteiger partial charge in [-0.2, -0.15) is 0 Å². The molecule has 3 heterocycles. The molecule has 0 aliphatic carbocycles. The first-order chi connectivity index (χ1) is 12.7. The van der Waals surface area contributed by atoms with Gasteiger partial charge in [-0.25, -0.2) is 0 Å². The lowest BCUT2D eigenvalue weighted by molar-refractivity contribution is 0.0211. The van der Waals surface area contributed by atoms with E-state index >= 15 is 0 Å². The fourth-order valence-electron chi connectivity index (χ4n) is 2.81. The van der Waals surface area contributed by atoms with E-state index in [0.29, 0.717) is 6.04 Å². The van der Waals surface area contributed by atoms with Crippen molar-refractivity contribution in [2.75, 3.05) is 23.8 Å². The Balaban J connectivity index is 1.73. The van der Waals surface area contributed by atoms with Gasteiger partial charge in [-0.1, -0.05) is 13.3 Å². The standard InChI is InChI=1S/C20H25N5O/c1-3-4-16-8-17(5-6-22-16)23-10-15(9-21)20-14(2)7-18(11-24-20)25-19-12-26-13-19/h5-11,19,21,25H,3-4,12-13H2,1-2H3,(H,22,23)/b15-10+,21-9?. The molecule has 1 aliphatic heterocycles. The summed E-state index contributed by atoms with van der Waals surface area (Å²) in [7, 11) is 0. The van der Waals surface area contributed by atoms with E-state index in [1.54, 1.807) is 6.20 Å². The van der Waals surface area contributed by atoms with Crippen LogP contribution in [0.1, 0.15) is 30.3 Å². The molecule has 3 N–H and O–H groups in total. The first-order valence-corrected chi connectivity index (χ1v) is 8.93. The highest BCUT2D eigenvalue weighted by Gasteiger charge is 2.18. The molecule has 1 fully saturated rings. The van der Waals surface area contributed by atoms with Crippen molar-refractivity contribution in [3.05, 3.63) is 53.7 Å². The van der Waals surface area contributed by atoms with Gasteiger partial charge in [-0.05, 0) is 37.1 Å². The van der Waals surface area contributed by atoms with Gasteiger partial charge in [0.05, 0.1) is 36.8 Å². The van der Waals surface area contributed by atoms with Gasteiger partial charge in [0.2, 0.25) is 0 Å². The zero-order valence-electron chi connectivity index (χ0n) is 15.2. The molecule has 1 saturated heterocycles. The van der Waals surface area contributed by atoms with Gasteiger partial charge in [-0.15, -0.1) is 0 Å². The Morgan fingerprint density at radius 3 is 2.81 bits per heavy atom. The van der Waals surface area contributed by atoms with Crippen molar-refractivity contribution in [2.45, 2.75) is 32.7 Å². The van der Waals surface area contributed by atoms with Crippen molar-refractivity contribution in [3.63, 3.8) is 0 Å². The predicted octanol–water partition coefficient (Wildman–Crippen LogP) is 3.65. The lowest BCUT2D eigenvalue weighted by atomic mass is 10.1. The fraction of sp³-hybridized carbons (Fsp3) is 0.350. The van der Waals surface area contributed by atoms with Crippen molar-refractivity contribution in [1.29, 1.82) is 5.41 Å². The molecule has 136 valence electrons. The number of hydrogen-bond donors (Lipinski definition) is 3. The van der Waals surface area contributed by atoms with Gasteiger partial charge in [0.15, 0.2) is 0 Å². The molecule has 0 bridgehead atoms. The number of hydrogen-bond acceptors (Lipinski definition) is 6. The molecule has 6 heteroatoms. The predicted molar refractivity (Wildman–Crippen MR) is 106 cm³/mol. The summed E-state index contributed by atoms with van der Waals surface area (Å²) in [5.41, 5.74) is 5.56. The number of pyridine rings is 2. The van der Waals surface area contributed by atoms with Gasteiger partial charge in [0.1, 0.15) is 0 Å². The van der Waals surface area contributed by atoms with Crippen LogP contribution in [0.4, 0.5) is 11.4 Å². The fourth-order valence-corrected chi connectivity index (χ4v) is 2.81. The van der Waals surface area contributed by atoms with Crippen LogP contribution in [0, 0.1) is 12.3 Å². The maximum atomic E-state index is 7.76. The summed E-state index contributed by atoms with van der Waals surface area (Å²) >= 11 is 0. The maximum Gasteiger partial charge on any atom is 0.0762 e. The van der Waals surface area contributed by atoms with Crippen molar-refractivity contribution in [2.24, 2.45) is 0 Å². The molecule has 6 nitrogen and oxygen atoms in total. The highest BCUT2D eigenvalue weighted by atomic mass is 16.5. The van der Waals surface area contributed by atoms with Crippen LogP contribution in [0.3, 0.4) is 0 Å². The molecule has 0 unspecified atom stereocenters.